The molecule has 1 aliphatic heterocycles. The van der Waals surface area contributed by atoms with Gasteiger partial charge < -0.3 is 9.88 Å². The number of aromatic nitrogens is 4. The maximum absolute atomic E-state index is 12.8. The molecule has 1 aliphatic rings. The number of carbonyl (C=O) groups is 1. The number of fused-ring (bicyclic) bond motifs is 1. The van der Waals surface area contributed by atoms with E-state index in [-0.39, 0.29) is 11.9 Å². The molecule has 7 nitrogen and oxygen atoms in total. The fourth-order valence-electron chi connectivity index (χ4n) is 3.72. The van der Waals surface area contributed by atoms with E-state index in [0.717, 1.165) is 49.6 Å². The Bertz CT molecular complexity index is 993. The lowest BCUT2D eigenvalue weighted by Crippen LogP contribution is -2.32. The van der Waals surface area contributed by atoms with Crippen LogP contribution < -0.4 is 5.32 Å². The highest BCUT2D eigenvalue weighted by molar-refractivity contribution is 7.10. The molecule has 0 radical (unpaired) electrons. The standard InChI is InChI=1S/C21H26N6OS/c1-4-15-5-6-16(22-9-15)10-27-8-7-17-18(12-29-19(17)11-27)21(28)24-14(2)20-25-23-13-26(20)3/h5-6,9,12-14H,4,7-8,10-11H2,1-3H3,(H,24,28)/t14-/m1/s1. The first-order valence-electron chi connectivity index (χ1n) is 9.95. The van der Waals surface area contributed by atoms with Crippen LogP contribution in [0.4, 0.5) is 0 Å². The summed E-state index contributed by atoms with van der Waals surface area (Å²) >= 11 is 1.67. The van der Waals surface area contributed by atoms with E-state index >= 15 is 0 Å². The number of carbonyl (C=O) groups excluding carboxylic acids is 1. The fourth-order valence-corrected chi connectivity index (χ4v) is 4.84. The zero-order valence-corrected chi connectivity index (χ0v) is 17.9. The number of hydrogen-bond donors (Lipinski definition) is 1. The van der Waals surface area contributed by atoms with Gasteiger partial charge in [0.15, 0.2) is 5.82 Å². The lowest BCUT2D eigenvalue weighted by Gasteiger charge is -2.27. The van der Waals surface area contributed by atoms with Gasteiger partial charge in [0.25, 0.3) is 5.91 Å². The molecule has 4 heterocycles. The number of nitrogens with one attached hydrogen (secondary N) is 1. The van der Waals surface area contributed by atoms with E-state index in [0.29, 0.717) is 0 Å². The van der Waals surface area contributed by atoms with E-state index in [4.69, 9.17) is 0 Å². The zero-order chi connectivity index (χ0) is 20.4. The molecule has 4 rings (SSSR count). The van der Waals surface area contributed by atoms with Crippen molar-refractivity contribution in [3.8, 4) is 0 Å². The van der Waals surface area contributed by atoms with Crippen LogP contribution in [0.5, 0.6) is 0 Å². The number of aryl methyl sites for hydroxylation is 2. The monoisotopic (exact) mass is 410 g/mol. The molecule has 29 heavy (non-hydrogen) atoms. The third-order valence-corrected chi connectivity index (χ3v) is 6.45. The molecule has 0 aromatic carbocycles. The van der Waals surface area contributed by atoms with Crippen LogP contribution in [0, 0.1) is 0 Å². The summed E-state index contributed by atoms with van der Waals surface area (Å²) in [5.41, 5.74) is 4.34. The first kappa shape index (κ1) is 19.7. The molecule has 3 aromatic heterocycles. The van der Waals surface area contributed by atoms with Crippen molar-refractivity contribution in [3.63, 3.8) is 0 Å². The molecule has 0 bridgehead atoms. The molecule has 0 aliphatic carbocycles. The molecule has 0 saturated carbocycles. The molecular formula is C21H26N6OS. The lowest BCUT2D eigenvalue weighted by atomic mass is 10.0. The highest BCUT2D eigenvalue weighted by Gasteiger charge is 2.25. The van der Waals surface area contributed by atoms with Crippen LogP contribution >= 0.6 is 11.3 Å². The highest BCUT2D eigenvalue weighted by Crippen LogP contribution is 2.29. The minimum absolute atomic E-state index is 0.0386. The van der Waals surface area contributed by atoms with E-state index < -0.39 is 0 Å². The SMILES string of the molecule is CCc1ccc(CN2CCc3c(C(=O)N[C@H](C)c4nncn4C)csc3C2)nc1. The Morgan fingerprint density at radius 3 is 2.93 bits per heavy atom. The minimum atomic E-state index is -0.192. The Balaban J connectivity index is 1.41. The Labute approximate surface area is 174 Å². The van der Waals surface area contributed by atoms with Gasteiger partial charge in [0.2, 0.25) is 0 Å². The Morgan fingerprint density at radius 1 is 1.38 bits per heavy atom. The first-order chi connectivity index (χ1) is 14.0. The summed E-state index contributed by atoms with van der Waals surface area (Å²) in [6.07, 6.45) is 5.50. The number of amides is 1. The Morgan fingerprint density at radius 2 is 2.24 bits per heavy atom. The van der Waals surface area contributed by atoms with Gasteiger partial charge in [-0.1, -0.05) is 13.0 Å². The van der Waals surface area contributed by atoms with Crippen molar-refractivity contribution in [2.24, 2.45) is 7.05 Å². The number of nitrogens with zero attached hydrogens (tertiary/aromatic N) is 5. The average Bonchev–Trinajstić information content (AvgIpc) is 3.34. The summed E-state index contributed by atoms with van der Waals surface area (Å²) in [4.78, 5) is 21.1. The van der Waals surface area contributed by atoms with Gasteiger partial charge in [0.05, 0.1) is 17.3 Å². The van der Waals surface area contributed by atoms with Gasteiger partial charge in [-0.2, -0.15) is 0 Å². The fraction of sp³-hybridized carbons (Fsp3) is 0.429. The van der Waals surface area contributed by atoms with E-state index in [2.05, 4.69) is 44.5 Å². The summed E-state index contributed by atoms with van der Waals surface area (Å²) in [5, 5.41) is 13.0. The predicted molar refractivity (Wildman–Crippen MR) is 113 cm³/mol. The van der Waals surface area contributed by atoms with Crippen molar-refractivity contribution in [1.82, 2.24) is 30.0 Å². The van der Waals surface area contributed by atoms with Gasteiger partial charge in [0, 0.05) is 43.1 Å². The van der Waals surface area contributed by atoms with Crippen molar-refractivity contribution in [2.45, 2.75) is 45.8 Å². The second-order valence-electron chi connectivity index (χ2n) is 7.52. The zero-order valence-electron chi connectivity index (χ0n) is 17.1. The van der Waals surface area contributed by atoms with Crippen molar-refractivity contribution < 1.29 is 4.79 Å². The van der Waals surface area contributed by atoms with E-state index in [1.54, 1.807) is 17.7 Å². The van der Waals surface area contributed by atoms with Crippen LogP contribution in [0.15, 0.2) is 30.0 Å². The smallest absolute Gasteiger partial charge is 0.252 e. The van der Waals surface area contributed by atoms with Gasteiger partial charge in [-0.05, 0) is 37.0 Å². The van der Waals surface area contributed by atoms with Crippen LogP contribution in [0.25, 0.3) is 0 Å². The molecule has 0 spiro atoms. The number of thiophene rings is 1. The van der Waals surface area contributed by atoms with Crippen molar-refractivity contribution >= 4 is 17.2 Å². The molecule has 1 amide bonds. The second kappa shape index (κ2) is 8.42. The maximum atomic E-state index is 12.8. The summed E-state index contributed by atoms with van der Waals surface area (Å²) < 4.78 is 1.83. The van der Waals surface area contributed by atoms with Gasteiger partial charge >= 0.3 is 0 Å². The quantitative estimate of drug-likeness (QED) is 0.676. The molecule has 152 valence electrons. The topological polar surface area (TPSA) is 75.9 Å². The van der Waals surface area contributed by atoms with Crippen molar-refractivity contribution in [1.29, 1.82) is 0 Å². The lowest BCUT2D eigenvalue weighted by molar-refractivity contribution is 0.0936. The molecule has 0 unspecified atom stereocenters. The third-order valence-electron chi connectivity index (χ3n) is 5.43. The van der Waals surface area contributed by atoms with E-state index in [9.17, 15) is 4.79 Å². The number of rotatable bonds is 6. The first-order valence-corrected chi connectivity index (χ1v) is 10.8. The molecule has 8 heteroatoms. The molecule has 3 aromatic rings. The molecular weight excluding hydrogens is 384 g/mol. The van der Waals surface area contributed by atoms with E-state index in [1.807, 2.05) is 30.1 Å². The minimum Gasteiger partial charge on any atom is -0.342 e. The number of pyridine rings is 1. The van der Waals surface area contributed by atoms with Crippen LogP contribution in [0.3, 0.4) is 0 Å². The van der Waals surface area contributed by atoms with Gasteiger partial charge in [-0.3, -0.25) is 14.7 Å². The third kappa shape index (κ3) is 4.23. The second-order valence-corrected chi connectivity index (χ2v) is 8.48. The van der Waals surface area contributed by atoms with Crippen LogP contribution in [-0.4, -0.2) is 37.1 Å². The summed E-state index contributed by atoms with van der Waals surface area (Å²) in [5.74, 6) is 0.707. The van der Waals surface area contributed by atoms with Gasteiger partial charge in [-0.25, -0.2) is 0 Å². The van der Waals surface area contributed by atoms with Crippen LogP contribution in [0.2, 0.25) is 0 Å². The largest absolute Gasteiger partial charge is 0.342 e. The molecule has 0 fully saturated rings. The highest BCUT2D eigenvalue weighted by atomic mass is 32.1. The van der Waals surface area contributed by atoms with Gasteiger partial charge in [-0.15, -0.1) is 21.5 Å². The molecule has 0 saturated heterocycles. The summed E-state index contributed by atoms with van der Waals surface area (Å²) in [7, 11) is 1.88. The predicted octanol–water partition coefficient (Wildman–Crippen LogP) is 2.88. The Hall–Kier alpha value is -2.58. The van der Waals surface area contributed by atoms with E-state index in [1.165, 1.54) is 16.0 Å². The maximum Gasteiger partial charge on any atom is 0.252 e. The van der Waals surface area contributed by atoms with Crippen molar-refractivity contribution in [2.75, 3.05) is 6.54 Å². The number of hydrogen-bond acceptors (Lipinski definition) is 6. The molecule has 1 atom stereocenters. The van der Waals surface area contributed by atoms with Crippen molar-refractivity contribution in [3.05, 3.63) is 63.1 Å². The average molecular weight is 411 g/mol. The van der Waals surface area contributed by atoms with Gasteiger partial charge in [0.1, 0.15) is 6.33 Å². The summed E-state index contributed by atoms with van der Waals surface area (Å²) in [6.45, 7) is 6.70. The summed E-state index contributed by atoms with van der Waals surface area (Å²) in [6, 6.07) is 4.09. The Kier molecular flexibility index (Phi) is 5.73. The van der Waals surface area contributed by atoms with Crippen LogP contribution in [0.1, 0.15) is 57.8 Å². The van der Waals surface area contributed by atoms with Crippen LogP contribution in [-0.2, 0) is 33.0 Å². The normalized spacial score (nSPS) is 15.1. The molecule has 1 N–H and O–H groups in total.